The number of rotatable bonds is 9. The molecule has 3 aromatic rings. The summed E-state index contributed by atoms with van der Waals surface area (Å²) in [6, 6.07) is 11.2. The Morgan fingerprint density at radius 3 is 2.26 bits per heavy atom. The molecule has 1 fully saturated rings. The lowest BCUT2D eigenvalue weighted by Crippen LogP contribution is -2.31. The Hall–Kier alpha value is -4.27. The lowest BCUT2D eigenvalue weighted by molar-refractivity contribution is -0.139. The molecule has 0 radical (unpaired) electrons. The zero-order valence-corrected chi connectivity index (χ0v) is 19.8. The fourth-order valence-corrected chi connectivity index (χ4v) is 4.31. The molecule has 2 aromatic carbocycles. The van der Waals surface area contributed by atoms with Crippen molar-refractivity contribution >= 4 is 17.4 Å². The third kappa shape index (κ3) is 4.57. The number of imidazole rings is 1. The normalized spacial score (nSPS) is 17.0. The Balaban J connectivity index is 1.82. The highest BCUT2D eigenvalue weighted by atomic mass is 16.5. The second-order valence-electron chi connectivity index (χ2n) is 7.97. The van der Waals surface area contributed by atoms with Gasteiger partial charge in [-0.25, -0.2) is 4.98 Å². The van der Waals surface area contributed by atoms with Crippen molar-refractivity contribution in [3.05, 3.63) is 77.9 Å². The number of likely N-dealkylation sites (tertiary alicyclic amines) is 1. The number of hydrogen-bond donors (Lipinski definition) is 1. The molecule has 1 unspecified atom stereocenters. The maximum atomic E-state index is 13.2. The van der Waals surface area contributed by atoms with Crippen molar-refractivity contribution in [2.24, 2.45) is 0 Å². The number of benzene rings is 2. The van der Waals surface area contributed by atoms with E-state index in [1.807, 2.05) is 16.8 Å². The molecule has 0 aliphatic carbocycles. The van der Waals surface area contributed by atoms with Gasteiger partial charge < -0.3 is 28.8 Å². The van der Waals surface area contributed by atoms with E-state index in [0.29, 0.717) is 41.3 Å². The first-order chi connectivity index (χ1) is 17.0. The maximum Gasteiger partial charge on any atom is 0.295 e. The van der Waals surface area contributed by atoms with Gasteiger partial charge in [0.2, 0.25) is 5.75 Å². The Kier molecular flexibility index (Phi) is 7.05. The van der Waals surface area contributed by atoms with Gasteiger partial charge in [-0.05, 0) is 24.1 Å². The lowest BCUT2D eigenvalue weighted by atomic mass is 9.94. The first-order valence-electron chi connectivity index (χ1n) is 11.1. The van der Waals surface area contributed by atoms with Gasteiger partial charge in [-0.3, -0.25) is 9.59 Å². The van der Waals surface area contributed by atoms with Crippen molar-refractivity contribution in [2.75, 3.05) is 27.9 Å². The molecule has 1 atom stereocenters. The van der Waals surface area contributed by atoms with E-state index < -0.39 is 17.7 Å². The molecule has 1 amide bonds. The Labute approximate surface area is 203 Å². The topological polar surface area (TPSA) is 103 Å². The second-order valence-corrected chi connectivity index (χ2v) is 7.97. The van der Waals surface area contributed by atoms with Crippen LogP contribution in [-0.2, 0) is 16.1 Å². The van der Waals surface area contributed by atoms with Crippen molar-refractivity contribution in [1.29, 1.82) is 0 Å². The Morgan fingerprint density at radius 2 is 1.69 bits per heavy atom. The van der Waals surface area contributed by atoms with Gasteiger partial charge in [0.15, 0.2) is 11.5 Å². The molecule has 9 heteroatoms. The van der Waals surface area contributed by atoms with Crippen LogP contribution in [0.15, 0.2) is 66.8 Å². The number of aromatic nitrogens is 2. The summed E-state index contributed by atoms with van der Waals surface area (Å²) in [6.45, 7) is 0.902. The van der Waals surface area contributed by atoms with E-state index in [1.165, 1.54) is 26.2 Å². The van der Waals surface area contributed by atoms with E-state index in [2.05, 4.69) is 4.98 Å². The molecule has 1 N–H and O–H groups in total. The summed E-state index contributed by atoms with van der Waals surface area (Å²) in [6.07, 6.45) is 5.79. The van der Waals surface area contributed by atoms with Gasteiger partial charge >= 0.3 is 0 Å². The number of hydrogen-bond acceptors (Lipinski definition) is 7. The molecule has 9 nitrogen and oxygen atoms in total. The summed E-state index contributed by atoms with van der Waals surface area (Å²) < 4.78 is 18.3. The number of carbonyl (C=O) groups is 2. The van der Waals surface area contributed by atoms with Crippen molar-refractivity contribution < 1.29 is 28.9 Å². The van der Waals surface area contributed by atoms with E-state index in [9.17, 15) is 14.7 Å². The number of ether oxygens (including phenoxy) is 3. The van der Waals surface area contributed by atoms with E-state index in [-0.39, 0.29) is 17.9 Å². The van der Waals surface area contributed by atoms with E-state index in [1.54, 1.807) is 48.9 Å². The minimum absolute atomic E-state index is 0.0121. The number of nitrogens with zero attached hydrogens (tertiary/aromatic N) is 3. The summed E-state index contributed by atoms with van der Waals surface area (Å²) in [5.74, 6) is -0.505. The fraction of sp³-hybridized carbons (Fsp3) is 0.269. The van der Waals surface area contributed by atoms with Crippen LogP contribution in [0.3, 0.4) is 0 Å². The number of aliphatic hydroxyl groups is 1. The maximum absolute atomic E-state index is 13.2. The van der Waals surface area contributed by atoms with Crippen LogP contribution in [0.2, 0.25) is 0 Å². The summed E-state index contributed by atoms with van der Waals surface area (Å²) >= 11 is 0. The van der Waals surface area contributed by atoms with Crippen molar-refractivity contribution in [3.8, 4) is 17.2 Å². The summed E-state index contributed by atoms with van der Waals surface area (Å²) in [7, 11) is 4.48. The molecular formula is C26H27N3O6. The standard InChI is InChI=1S/C26H27N3O6/c1-33-19-14-18(15-20(34-2)25(19)35-3)22-21(23(30)17-8-5-4-6-9-17)24(31)26(32)29(22)12-7-11-28-13-10-27-16-28/h4-6,8-10,13-16,22,30H,7,11-12H2,1-3H3. The number of Topliss-reactive ketones (excluding diaryl/α,β-unsaturated/α-hetero) is 1. The number of amides is 1. The molecule has 0 saturated carbocycles. The number of aliphatic hydroxyl groups excluding tert-OH is 1. The first-order valence-corrected chi connectivity index (χ1v) is 11.1. The monoisotopic (exact) mass is 477 g/mol. The first kappa shape index (κ1) is 23.9. The van der Waals surface area contributed by atoms with Crippen LogP contribution in [0.1, 0.15) is 23.6 Å². The van der Waals surface area contributed by atoms with E-state index in [4.69, 9.17) is 14.2 Å². The highest BCUT2D eigenvalue weighted by molar-refractivity contribution is 6.46. The quantitative estimate of drug-likeness (QED) is 0.286. The van der Waals surface area contributed by atoms with Gasteiger partial charge in [0.05, 0.1) is 39.3 Å². The van der Waals surface area contributed by atoms with Crippen LogP contribution in [0.25, 0.3) is 5.76 Å². The number of aryl methyl sites for hydroxylation is 1. The molecule has 1 aromatic heterocycles. The molecule has 0 bridgehead atoms. The van der Waals surface area contributed by atoms with Gasteiger partial charge in [-0.15, -0.1) is 0 Å². The SMILES string of the molecule is COc1cc(C2C(=C(O)c3ccccc3)C(=O)C(=O)N2CCCn2ccnc2)cc(OC)c1OC. The third-order valence-electron chi connectivity index (χ3n) is 5.96. The van der Waals surface area contributed by atoms with Crippen LogP contribution in [0, 0.1) is 0 Å². The van der Waals surface area contributed by atoms with Crippen molar-refractivity contribution in [2.45, 2.75) is 19.0 Å². The van der Waals surface area contributed by atoms with Crippen LogP contribution in [0.4, 0.5) is 0 Å². The molecule has 1 aliphatic rings. The molecule has 1 saturated heterocycles. The molecular weight excluding hydrogens is 450 g/mol. The van der Waals surface area contributed by atoms with Gasteiger partial charge in [0.1, 0.15) is 5.76 Å². The highest BCUT2D eigenvalue weighted by Crippen LogP contribution is 2.45. The molecule has 2 heterocycles. The second kappa shape index (κ2) is 10.3. The largest absolute Gasteiger partial charge is 0.507 e. The predicted molar refractivity (Wildman–Crippen MR) is 128 cm³/mol. The minimum atomic E-state index is -0.841. The van der Waals surface area contributed by atoms with Crippen LogP contribution in [-0.4, -0.2) is 59.1 Å². The van der Waals surface area contributed by atoms with Crippen molar-refractivity contribution in [1.82, 2.24) is 14.5 Å². The highest BCUT2D eigenvalue weighted by Gasteiger charge is 2.46. The molecule has 35 heavy (non-hydrogen) atoms. The molecule has 4 rings (SSSR count). The van der Waals surface area contributed by atoms with E-state index >= 15 is 0 Å². The number of methoxy groups -OCH3 is 3. The molecule has 0 spiro atoms. The predicted octanol–water partition coefficient (Wildman–Crippen LogP) is 3.42. The van der Waals surface area contributed by atoms with Crippen molar-refractivity contribution in [3.63, 3.8) is 0 Å². The van der Waals surface area contributed by atoms with Gasteiger partial charge in [0.25, 0.3) is 11.7 Å². The smallest absolute Gasteiger partial charge is 0.295 e. The third-order valence-corrected chi connectivity index (χ3v) is 5.96. The van der Waals surface area contributed by atoms with Gasteiger partial charge in [-0.1, -0.05) is 30.3 Å². The number of carbonyl (C=O) groups excluding carboxylic acids is 2. The van der Waals surface area contributed by atoms with Gasteiger partial charge in [-0.2, -0.15) is 0 Å². The summed E-state index contributed by atoms with van der Waals surface area (Å²) in [5.41, 5.74) is 1.01. The summed E-state index contributed by atoms with van der Waals surface area (Å²) in [5, 5.41) is 11.2. The lowest BCUT2D eigenvalue weighted by Gasteiger charge is -2.26. The number of ketones is 1. The average molecular weight is 478 g/mol. The van der Waals surface area contributed by atoms with Crippen LogP contribution in [0.5, 0.6) is 17.2 Å². The van der Waals surface area contributed by atoms with Crippen LogP contribution < -0.4 is 14.2 Å². The molecule has 1 aliphatic heterocycles. The van der Waals surface area contributed by atoms with E-state index in [0.717, 1.165) is 0 Å². The minimum Gasteiger partial charge on any atom is -0.507 e. The van der Waals surface area contributed by atoms with Crippen LogP contribution >= 0.6 is 0 Å². The zero-order chi connectivity index (χ0) is 24.9. The fourth-order valence-electron chi connectivity index (χ4n) is 4.31. The molecule has 182 valence electrons. The van der Waals surface area contributed by atoms with Gasteiger partial charge in [0, 0.05) is 31.0 Å². The Morgan fingerprint density at radius 1 is 1.00 bits per heavy atom. The average Bonchev–Trinajstić information content (AvgIpc) is 3.50. The Bertz CT molecular complexity index is 1210. The zero-order valence-electron chi connectivity index (χ0n) is 19.8. The summed E-state index contributed by atoms with van der Waals surface area (Å²) in [4.78, 5) is 31.9.